The number of nitrogen functional groups attached to an aromatic ring is 1. The van der Waals surface area contributed by atoms with Gasteiger partial charge in [-0.05, 0) is 50.8 Å². The molecule has 1 amide bonds. The van der Waals surface area contributed by atoms with Gasteiger partial charge in [-0.1, -0.05) is 0 Å². The number of fused-ring (bicyclic) bond motifs is 1. The number of aromatic amines is 1. The van der Waals surface area contributed by atoms with Crippen molar-refractivity contribution >= 4 is 22.5 Å². The smallest absolute Gasteiger partial charge is 0.256 e. The van der Waals surface area contributed by atoms with Crippen LogP contribution in [0.4, 0.5) is 5.69 Å². The number of nitrogens with one attached hydrogen (secondary N) is 1. The van der Waals surface area contributed by atoms with E-state index < -0.39 is 0 Å². The van der Waals surface area contributed by atoms with Crippen LogP contribution < -0.4 is 5.73 Å². The molecule has 1 fully saturated rings. The quantitative estimate of drug-likeness (QED) is 0.840. The van der Waals surface area contributed by atoms with Crippen LogP contribution in [-0.2, 0) is 0 Å². The van der Waals surface area contributed by atoms with E-state index in [9.17, 15) is 4.79 Å². The maximum atomic E-state index is 12.8. The molecule has 3 rings (SSSR count). The van der Waals surface area contributed by atoms with Crippen molar-refractivity contribution in [3.63, 3.8) is 0 Å². The van der Waals surface area contributed by atoms with Gasteiger partial charge < -0.3 is 15.6 Å². The normalized spacial score (nSPS) is 14.9. The van der Waals surface area contributed by atoms with Crippen molar-refractivity contribution in [1.29, 1.82) is 0 Å². The van der Waals surface area contributed by atoms with Crippen molar-refractivity contribution in [3.05, 3.63) is 30.0 Å². The number of nitrogens with zero attached hydrogens (tertiary/aromatic N) is 1. The Bertz CT molecular complexity index is 640. The number of hydrogen-bond donors (Lipinski definition) is 2. The van der Waals surface area contributed by atoms with Gasteiger partial charge in [0.2, 0.25) is 0 Å². The van der Waals surface area contributed by atoms with E-state index in [-0.39, 0.29) is 11.9 Å². The zero-order valence-electron chi connectivity index (χ0n) is 12.0. The van der Waals surface area contributed by atoms with Crippen LogP contribution in [0.15, 0.2) is 24.4 Å². The van der Waals surface area contributed by atoms with E-state index >= 15 is 0 Å². The highest BCUT2D eigenvalue weighted by molar-refractivity contribution is 6.07. The number of nitrogens with two attached hydrogens (primary N) is 1. The third-order valence-corrected chi connectivity index (χ3v) is 3.97. The molecule has 4 heteroatoms. The minimum atomic E-state index is 0.101. The molecule has 4 nitrogen and oxygen atoms in total. The third-order valence-electron chi connectivity index (χ3n) is 3.97. The van der Waals surface area contributed by atoms with Crippen LogP contribution in [0.1, 0.15) is 37.0 Å². The topological polar surface area (TPSA) is 62.1 Å². The molecule has 0 unspecified atom stereocenters. The maximum Gasteiger partial charge on any atom is 0.256 e. The van der Waals surface area contributed by atoms with Crippen molar-refractivity contribution in [1.82, 2.24) is 9.88 Å². The fourth-order valence-electron chi connectivity index (χ4n) is 2.58. The Morgan fingerprint density at radius 3 is 2.85 bits per heavy atom. The zero-order valence-corrected chi connectivity index (χ0v) is 12.0. The van der Waals surface area contributed by atoms with E-state index in [1.165, 1.54) is 12.8 Å². The minimum Gasteiger partial charge on any atom is -0.399 e. The molecule has 1 aromatic heterocycles. The van der Waals surface area contributed by atoms with E-state index in [0.717, 1.165) is 23.0 Å². The van der Waals surface area contributed by atoms with Gasteiger partial charge in [-0.2, -0.15) is 0 Å². The Hall–Kier alpha value is -1.97. The standard InChI is InChI=1S/C16H21N3O/c1-10(2)19(9-11-3-4-11)16(20)14-8-18-15-6-5-12(17)7-13(14)15/h5-8,10-11,18H,3-4,9,17H2,1-2H3. The number of anilines is 1. The Morgan fingerprint density at radius 2 is 2.20 bits per heavy atom. The van der Waals surface area contributed by atoms with Crippen LogP contribution in [0.5, 0.6) is 0 Å². The first-order chi connectivity index (χ1) is 9.56. The number of carbonyl (C=O) groups excluding carboxylic acids is 1. The van der Waals surface area contributed by atoms with Crippen molar-refractivity contribution in [2.45, 2.75) is 32.7 Å². The summed E-state index contributed by atoms with van der Waals surface area (Å²) in [5, 5.41) is 0.913. The largest absolute Gasteiger partial charge is 0.399 e. The van der Waals surface area contributed by atoms with Gasteiger partial charge in [0, 0.05) is 35.4 Å². The molecule has 1 aliphatic carbocycles. The van der Waals surface area contributed by atoms with Crippen molar-refractivity contribution in [3.8, 4) is 0 Å². The van der Waals surface area contributed by atoms with Gasteiger partial charge in [-0.25, -0.2) is 0 Å². The third kappa shape index (κ3) is 2.38. The second-order valence-electron chi connectivity index (χ2n) is 6.00. The van der Waals surface area contributed by atoms with Crippen LogP contribution in [0.25, 0.3) is 10.9 Å². The van der Waals surface area contributed by atoms with Gasteiger partial charge in [-0.15, -0.1) is 0 Å². The first kappa shape index (κ1) is 13.0. The van der Waals surface area contributed by atoms with Gasteiger partial charge in [0.25, 0.3) is 5.91 Å². The van der Waals surface area contributed by atoms with Gasteiger partial charge in [0.15, 0.2) is 0 Å². The molecule has 0 atom stereocenters. The summed E-state index contributed by atoms with van der Waals surface area (Å²) in [6, 6.07) is 5.85. The summed E-state index contributed by atoms with van der Waals surface area (Å²) in [7, 11) is 0. The average Bonchev–Trinajstić information content (AvgIpc) is 3.13. The molecular weight excluding hydrogens is 250 g/mol. The Labute approximate surface area is 118 Å². The Kier molecular flexibility index (Phi) is 3.16. The molecule has 20 heavy (non-hydrogen) atoms. The van der Waals surface area contributed by atoms with Crippen molar-refractivity contribution < 1.29 is 4.79 Å². The predicted octanol–water partition coefficient (Wildman–Crippen LogP) is 3.01. The van der Waals surface area contributed by atoms with Gasteiger partial charge >= 0.3 is 0 Å². The average molecular weight is 271 g/mol. The summed E-state index contributed by atoms with van der Waals surface area (Å²) in [6.07, 6.45) is 4.30. The van der Waals surface area contributed by atoms with Crippen LogP contribution >= 0.6 is 0 Å². The highest BCUT2D eigenvalue weighted by atomic mass is 16.2. The molecule has 0 saturated heterocycles. The Balaban J connectivity index is 1.95. The summed E-state index contributed by atoms with van der Waals surface area (Å²) >= 11 is 0. The first-order valence-electron chi connectivity index (χ1n) is 7.24. The second-order valence-corrected chi connectivity index (χ2v) is 6.00. The number of amides is 1. The summed E-state index contributed by atoms with van der Waals surface area (Å²) in [5.74, 6) is 0.792. The molecule has 106 valence electrons. The van der Waals surface area contributed by atoms with Crippen molar-refractivity contribution in [2.24, 2.45) is 5.92 Å². The second kappa shape index (κ2) is 4.85. The Morgan fingerprint density at radius 1 is 1.45 bits per heavy atom. The van der Waals surface area contributed by atoms with E-state index in [0.29, 0.717) is 11.6 Å². The molecule has 1 saturated carbocycles. The van der Waals surface area contributed by atoms with Gasteiger partial charge in [0.05, 0.1) is 5.56 Å². The number of H-pyrrole nitrogens is 1. The first-order valence-corrected chi connectivity index (χ1v) is 7.24. The van der Waals surface area contributed by atoms with Gasteiger partial charge in [-0.3, -0.25) is 4.79 Å². The zero-order chi connectivity index (χ0) is 14.3. The molecule has 0 spiro atoms. The summed E-state index contributed by atoms with van der Waals surface area (Å²) in [6.45, 7) is 5.01. The summed E-state index contributed by atoms with van der Waals surface area (Å²) in [4.78, 5) is 17.9. The summed E-state index contributed by atoms with van der Waals surface area (Å²) in [5.41, 5.74) is 8.20. The monoisotopic (exact) mass is 271 g/mol. The molecule has 3 N–H and O–H groups in total. The SMILES string of the molecule is CC(C)N(CC1CC1)C(=O)c1c[nH]c2ccc(N)cc12. The summed E-state index contributed by atoms with van der Waals surface area (Å²) < 4.78 is 0. The molecule has 2 aromatic rings. The molecule has 1 aliphatic rings. The molecule has 1 heterocycles. The lowest BCUT2D eigenvalue weighted by Gasteiger charge is -2.26. The lowest BCUT2D eigenvalue weighted by atomic mass is 10.1. The van der Waals surface area contributed by atoms with Crippen LogP contribution in [-0.4, -0.2) is 28.4 Å². The van der Waals surface area contributed by atoms with E-state index in [2.05, 4.69) is 18.8 Å². The minimum absolute atomic E-state index is 0.101. The van der Waals surface area contributed by atoms with Crippen LogP contribution in [0, 0.1) is 5.92 Å². The molecule has 0 radical (unpaired) electrons. The van der Waals surface area contributed by atoms with Crippen LogP contribution in [0.2, 0.25) is 0 Å². The van der Waals surface area contributed by atoms with E-state index in [1.54, 1.807) is 6.20 Å². The number of carbonyl (C=O) groups is 1. The highest BCUT2D eigenvalue weighted by Crippen LogP contribution is 2.31. The van der Waals surface area contributed by atoms with E-state index in [1.807, 2.05) is 23.1 Å². The number of benzene rings is 1. The lowest BCUT2D eigenvalue weighted by molar-refractivity contribution is 0.0698. The number of aromatic nitrogens is 1. The lowest BCUT2D eigenvalue weighted by Crippen LogP contribution is -2.38. The van der Waals surface area contributed by atoms with E-state index in [4.69, 9.17) is 5.73 Å². The molecule has 1 aromatic carbocycles. The number of hydrogen-bond acceptors (Lipinski definition) is 2. The molecule has 0 aliphatic heterocycles. The predicted molar refractivity (Wildman–Crippen MR) is 81.6 cm³/mol. The highest BCUT2D eigenvalue weighted by Gasteiger charge is 2.29. The van der Waals surface area contributed by atoms with Crippen LogP contribution in [0.3, 0.4) is 0 Å². The fraction of sp³-hybridized carbons (Fsp3) is 0.438. The van der Waals surface area contributed by atoms with Gasteiger partial charge in [0.1, 0.15) is 0 Å². The number of rotatable bonds is 4. The fourth-order valence-corrected chi connectivity index (χ4v) is 2.58. The maximum absolute atomic E-state index is 12.8. The van der Waals surface area contributed by atoms with Crippen molar-refractivity contribution in [2.75, 3.05) is 12.3 Å². The molecular formula is C16H21N3O. The molecule has 0 bridgehead atoms.